The first kappa shape index (κ1) is 18.5. The number of rotatable bonds is 7. The lowest BCUT2D eigenvalue weighted by atomic mass is 10.2. The summed E-state index contributed by atoms with van der Waals surface area (Å²) in [6, 6.07) is 6.31. The van der Waals surface area contributed by atoms with Gasteiger partial charge in [0, 0.05) is 0 Å². The zero-order chi connectivity index (χ0) is 18.4. The average molecular weight is 363 g/mol. The third-order valence-corrected chi connectivity index (χ3v) is 4.11. The molecule has 0 unspecified atom stereocenters. The molecule has 7 nitrogen and oxygen atoms in total. The second-order valence-corrected chi connectivity index (χ2v) is 5.72. The van der Waals surface area contributed by atoms with Gasteiger partial charge in [0.05, 0.1) is 31.8 Å². The summed E-state index contributed by atoms with van der Waals surface area (Å²) >= 11 is 1.29. The number of methoxy groups -OCH3 is 3. The van der Waals surface area contributed by atoms with Crippen molar-refractivity contribution in [3.8, 4) is 17.2 Å². The summed E-state index contributed by atoms with van der Waals surface area (Å²) in [6.07, 6.45) is 0. The molecule has 1 heterocycles. The third-order valence-electron chi connectivity index (χ3n) is 3.24. The van der Waals surface area contributed by atoms with E-state index in [4.69, 9.17) is 19.0 Å². The fourth-order valence-electron chi connectivity index (χ4n) is 1.99. The van der Waals surface area contributed by atoms with Crippen molar-refractivity contribution in [2.45, 2.75) is 6.92 Å². The number of carbonyl (C=O) groups excluding carboxylic acids is 2. The van der Waals surface area contributed by atoms with Crippen LogP contribution in [-0.2, 0) is 4.84 Å². The van der Waals surface area contributed by atoms with Gasteiger partial charge in [-0.25, -0.2) is 4.79 Å². The minimum atomic E-state index is -0.752. The molecule has 0 bridgehead atoms. The van der Waals surface area contributed by atoms with Crippen LogP contribution < -0.4 is 14.2 Å². The Bertz CT molecular complexity index is 772. The molecule has 0 atom stereocenters. The first-order valence-corrected chi connectivity index (χ1v) is 8.04. The molecule has 0 aliphatic rings. The maximum absolute atomic E-state index is 12.2. The minimum absolute atomic E-state index is 0.0724. The highest BCUT2D eigenvalue weighted by molar-refractivity contribution is 7.13. The molecule has 0 aliphatic carbocycles. The van der Waals surface area contributed by atoms with Crippen LogP contribution in [-0.4, -0.2) is 38.8 Å². The summed E-state index contributed by atoms with van der Waals surface area (Å²) in [5.41, 5.74) is 0.220. The first-order valence-electron chi connectivity index (χ1n) is 7.16. The predicted octanol–water partition coefficient (Wildman–Crippen LogP) is 3.19. The Kier molecular flexibility index (Phi) is 6.13. The molecule has 1 aromatic heterocycles. The van der Waals surface area contributed by atoms with Gasteiger partial charge in [-0.1, -0.05) is 11.2 Å². The molecule has 132 valence electrons. The van der Waals surface area contributed by atoms with Crippen LogP contribution in [0.5, 0.6) is 17.2 Å². The van der Waals surface area contributed by atoms with Gasteiger partial charge in [0.15, 0.2) is 11.5 Å². The smallest absolute Gasteiger partial charge is 0.366 e. The Balaban J connectivity index is 2.20. The predicted molar refractivity (Wildman–Crippen MR) is 93.3 cm³/mol. The van der Waals surface area contributed by atoms with Gasteiger partial charge >= 0.3 is 5.97 Å². The van der Waals surface area contributed by atoms with Gasteiger partial charge in [-0.15, -0.1) is 11.3 Å². The van der Waals surface area contributed by atoms with Gasteiger partial charge in [-0.05, 0) is 30.5 Å². The summed E-state index contributed by atoms with van der Waals surface area (Å²) in [7, 11) is 4.34. The Morgan fingerprint density at radius 3 is 2.16 bits per heavy atom. The van der Waals surface area contributed by atoms with Crippen LogP contribution in [0.1, 0.15) is 27.0 Å². The van der Waals surface area contributed by atoms with E-state index in [-0.39, 0.29) is 17.1 Å². The molecule has 0 amide bonds. The van der Waals surface area contributed by atoms with Gasteiger partial charge < -0.3 is 19.0 Å². The van der Waals surface area contributed by atoms with Gasteiger partial charge in [-0.3, -0.25) is 4.79 Å². The number of hydrogen-bond acceptors (Lipinski definition) is 8. The summed E-state index contributed by atoms with van der Waals surface area (Å²) in [5, 5.41) is 5.40. The number of ketones is 1. The van der Waals surface area contributed by atoms with Crippen molar-refractivity contribution in [2.75, 3.05) is 21.3 Å². The van der Waals surface area contributed by atoms with Crippen LogP contribution in [0.3, 0.4) is 0 Å². The molecule has 0 radical (unpaired) electrons. The molecule has 1 aromatic carbocycles. The van der Waals surface area contributed by atoms with Crippen molar-refractivity contribution in [3.05, 3.63) is 40.1 Å². The molecule has 0 saturated carbocycles. The third kappa shape index (κ3) is 4.16. The van der Waals surface area contributed by atoms with E-state index in [1.807, 2.05) is 0 Å². The fourth-order valence-corrected chi connectivity index (χ4v) is 2.70. The monoisotopic (exact) mass is 363 g/mol. The van der Waals surface area contributed by atoms with E-state index in [9.17, 15) is 9.59 Å². The fraction of sp³-hybridized carbons (Fsp3) is 0.235. The molecule has 2 rings (SSSR count). The van der Waals surface area contributed by atoms with E-state index in [2.05, 4.69) is 5.16 Å². The summed E-state index contributed by atoms with van der Waals surface area (Å²) < 4.78 is 15.6. The Morgan fingerprint density at radius 2 is 1.68 bits per heavy atom. The highest BCUT2D eigenvalue weighted by Crippen LogP contribution is 2.38. The van der Waals surface area contributed by atoms with Gasteiger partial charge in [0.25, 0.3) is 0 Å². The second-order valence-electron chi connectivity index (χ2n) is 4.78. The largest absolute Gasteiger partial charge is 0.493 e. The number of ether oxygens (including phenoxy) is 3. The number of oxime groups is 1. The number of Topliss-reactive ketones (excluding diaryl/α,β-unsaturated/α-hetero) is 1. The van der Waals surface area contributed by atoms with E-state index >= 15 is 0 Å². The molecule has 0 saturated heterocycles. The van der Waals surface area contributed by atoms with E-state index in [1.54, 1.807) is 17.5 Å². The van der Waals surface area contributed by atoms with Crippen LogP contribution in [0.4, 0.5) is 0 Å². The molecular weight excluding hydrogens is 346 g/mol. The molecule has 8 heteroatoms. The van der Waals surface area contributed by atoms with Crippen LogP contribution in [0.2, 0.25) is 0 Å². The van der Waals surface area contributed by atoms with Gasteiger partial charge in [0.1, 0.15) is 5.71 Å². The molecular formula is C17H17NO6S. The van der Waals surface area contributed by atoms with E-state index < -0.39 is 5.97 Å². The summed E-state index contributed by atoms with van der Waals surface area (Å²) in [5.74, 6) is -0.0762. The number of nitrogens with zero attached hydrogens (tertiary/aromatic N) is 1. The molecule has 2 aromatic rings. The van der Waals surface area contributed by atoms with E-state index in [1.165, 1.54) is 51.7 Å². The number of thiophene rings is 1. The number of carbonyl (C=O) groups is 2. The molecule has 0 spiro atoms. The zero-order valence-electron chi connectivity index (χ0n) is 14.2. The SMILES string of the molecule is COc1cc(C(=O)ON=C(C)C(=O)c2cccs2)cc(OC)c1OC. The lowest BCUT2D eigenvalue weighted by Gasteiger charge is -2.13. The Labute approximate surface area is 148 Å². The van der Waals surface area contributed by atoms with Crippen molar-refractivity contribution >= 4 is 28.8 Å². The highest BCUT2D eigenvalue weighted by atomic mass is 32.1. The maximum Gasteiger partial charge on any atom is 0.366 e. The van der Waals surface area contributed by atoms with E-state index in [0.29, 0.717) is 22.1 Å². The van der Waals surface area contributed by atoms with Crippen molar-refractivity contribution in [3.63, 3.8) is 0 Å². The zero-order valence-corrected chi connectivity index (χ0v) is 15.0. The summed E-state index contributed by atoms with van der Waals surface area (Å²) in [4.78, 5) is 29.7. The topological polar surface area (TPSA) is 83.4 Å². The normalized spacial score (nSPS) is 11.0. The van der Waals surface area contributed by atoms with Crippen LogP contribution in [0.25, 0.3) is 0 Å². The average Bonchev–Trinajstić information content (AvgIpc) is 3.18. The highest BCUT2D eigenvalue weighted by Gasteiger charge is 2.19. The first-order chi connectivity index (χ1) is 12.0. The van der Waals surface area contributed by atoms with Crippen molar-refractivity contribution in [1.82, 2.24) is 0 Å². The minimum Gasteiger partial charge on any atom is -0.493 e. The Hall–Kier alpha value is -2.87. The lowest BCUT2D eigenvalue weighted by molar-refractivity contribution is 0.0514. The van der Waals surface area contributed by atoms with Gasteiger partial charge in [0.2, 0.25) is 11.5 Å². The van der Waals surface area contributed by atoms with Crippen molar-refractivity contribution in [1.29, 1.82) is 0 Å². The van der Waals surface area contributed by atoms with Crippen LogP contribution >= 0.6 is 11.3 Å². The summed E-state index contributed by atoms with van der Waals surface area (Å²) in [6.45, 7) is 1.48. The molecule has 25 heavy (non-hydrogen) atoms. The molecule has 0 fully saturated rings. The number of benzene rings is 1. The van der Waals surface area contributed by atoms with Crippen molar-refractivity contribution in [2.24, 2.45) is 5.16 Å². The Morgan fingerprint density at radius 1 is 1.04 bits per heavy atom. The van der Waals surface area contributed by atoms with Crippen molar-refractivity contribution < 1.29 is 28.6 Å². The number of hydrogen-bond donors (Lipinski definition) is 0. The van der Waals surface area contributed by atoms with Gasteiger partial charge in [-0.2, -0.15) is 0 Å². The molecule has 0 aliphatic heterocycles. The quantitative estimate of drug-likeness (QED) is 0.325. The maximum atomic E-state index is 12.2. The van der Waals surface area contributed by atoms with E-state index in [0.717, 1.165) is 0 Å². The van der Waals surface area contributed by atoms with Crippen LogP contribution in [0, 0.1) is 0 Å². The molecule has 0 N–H and O–H groups in total. The lowest BCUT2D eigenvalue weighted by Crippen LogP contribution is -2.11. The second kappa shape index (κ2) is 8.29. The standard InChI is InChI=1S/C17H17NO6S/c1-10(15(19)14-6-5-7-25-14)18-24-17(20)11-8-12(21-2)16(23-4)13(9-11)22-3/h5-9H,1-4H3. The van der Waals surface area contributed by atoms with Crippen LogP contribution in [0.15, 0.2) is 34.8 Å².